The lowest BCUT2D eigenvalue weighted by Crippen LogP contribution is -2.16. The first kappa shape index (κ1) is 14.4. The van der Waals surface area contributed by atoms with Crippen molar-refractivity contribution in [2.24, 2.45) is 5.73 Å². The third kappa shape index (κ3) is 2.37. The Labute approximate surface area is 123 Å². The highest BCUT2D eigenvalue weighted by atomic mass is 79.9. The predicted octanol–water partition coefficient (Wildman–Crippen LogP) is 4.63. The van der Waals surface area contributed by atoms with Crippen LogP contribution in [0.25, 0.3) is 0 Å². The molecule has 102 valence electrons. The highest BCUT2D eigenvalue weighted by molar-refractivity contribution is 9.10. The number of halogens is 1. The largest absolute Gasteiger partial charge is 0.452 e. The Bertz CT molecular complexity index is 599. The molecule has 1 heterocycles. The van der Waals surface area contributed by atoms with Crippen molar-refractivity contribution in [3.05, 3.63) is 55.9 Å². The summed E-state index contributed by atoms with van der Waals surface area (Å²) < 4.78 is 6.33. The highest BCUT2D eigenvalue weighted by Crippen LogP contribution is 2.33. The van der Waals surface area contributed by atoms with Crippen LogP contribution in [0.15, 0.2) is 21.2 Å². The average Bonchev–Trinajstić information content (AvgIpc) is 2.81. The first-order chi connectivity index (χ1) is 8.84. The Morgan fingerprint density at radius 3 is 1.79 bits per heavy atom. The SMILES string of the molecule is Cc1c(C)c(C)c(C(N)c2ccc(Br)o2)c(C)c1C. The van der Waals surface area contributed by atoms with E-state index in [0.29, 0.717) is 4.67 Å². The Kier molecular flexibility index (Phi) is 3.88. The lowest BCUT2D eigenvalue weighted by molar-refractivity contribution is 0.469. The molecular formula is C16H20BrNO. The molecular weight excluding hydrogens is 302 g/mol. The molecule has 2 nitrogen and oxygen atoms in total. The minimum absolute atomic E-state index is 0.218. The molecule has 0 fully saturated rings. The van der Waals surface area contributed by atoms with Crippen molar-refractivity contribution < 1.29 is 4.42 Å². The normalized spacial score (nSPS) is 12.8. The van der Waals surface area contributed by atoms with Crippen molar-refractivity contribution >= 4 is 15.9 Å². The number of furan rings is 1. The number of hydrogen-bond acceptors (Lipinski definition) is 2. The summed E-state index contributed by atoms with van der Waals surface area (Å²) >= 11 is 3.33. The topological polar surface area (TPSA) is 39.2 Å². The van der Waals surface area contributed by atoms with Crippen molar-refractivity contribution in [1.29, 1.82) is 0 Å². The maximum atomic E-state index is 6.40. The van der Waals surface area contributed by atoms with E-state index in [1.807, 2.05) is 12.1 Å². The molecule has 0 amide bonds. The summed E-state index contributed by atoms with van der Waals surface area (Å²) in [7, 11) is 0. The summed E-state index contributed by atoms with van der Waals surface area (Å²) in [5.74, 6) is 0.792. The molecule has 0 aliphatic heterocycles. The first-order valence-electron chi connectivity index (χ1n) is 6.42. The lowest BCUT2D eigenvalue weighted by Gasteiger charge is -2.22. The molecule has 1 atom stereocenters. The van der Waals surface area contributed by atoms with Gasteiger partial charge < -0.3 is 10.2 Å². The minimum atomic E-state index is -0.218. The highest BCUT2D eigenvalue weighted by Gasteiger charge is 2.21. The summed E-state index contributed by atoms with van der Waals surface area (Å²) in [4.78, 5) is 0. The van der Waals surface area contributed by atoms with Crippen LogP contribution in [0.2, 0.25) is 0 Å². The van der Waals surface area contributed by atoms with Gasteiger partial charge >= 0.3 is 0 Å². The standard InChI is InChI=1S/C16H20BrNO/c1-8-9(2)11(4)15(12(5)10(8)3)16(18)13-6-7-14(17)19-13/h6-7,16H,18H2,1-5H3. The van der Waals surface area contributed by atoms with Crippen LogP contribution in [-0.2, 0) is 0 Å². The predicted molar refractivity (Wildman–Crippen MR) is 82.6 cm³/mol. The maximum Gasteiger partial charge on any atom is 0.169 e. The van der Waals surface area contributed by atoms with Gasteiger partial charge in [0.1, 0.15) is 5.76 Å². The van der Waals surface area contributed by atoms with Gasteiger partial charge in [0.2, 0.25) is 0 Å². The first-order valence-corrected chi connectivity index (χ1v) is 7.21. The van der Waals surface area contributed by atoms with E-state index in [1.165, 1.54) is 33.4 Å². The molecule has 2 N–H and O–H groups in total. The average molecular weight is 322 g/mol. The molecule has 0 bridgehead atoms. The number of hydrogen-bond donors (Lipinski definition) is 1. The van der Waals surface area contributed by atoms with Gasteiger partial charge in [-0.15, -0.1) is 0 Å². The Morgan fingerprint density at radius 2 is 1.37 bits per heavy atom. The van der Waals surface area contributed by atoms with E-state index in [2.05, 4.69) is 50.5 Å². The third-order valence-corrected chi connectivity index (χ3v) is 4.70. The minimum Gasteiger partial charge on any atom is -0.452 e. The second-order valence-corrected chi connectivity index (χ2v) is 5.94. The molecule has 2 rings (SSSR count). The summed E-state index contributed by atoms with van der Waals surface area (Å²) in [5.41, 5.74) is 14.1. The molecule has 0 saturated carbocycles. The smallest absolute Gasteiger partial charge is 0.169 e. The van der Waals surface area contributed by atoms with Gasteiger partial charge in [-0.3, -0.25) is 0 Å². The second kappa shape index (κ2) is 5.14. The van der Waals surface area contributed by atoms with E-state index in [9.17, 15) is 0 Å². The van der Waals surface area contributed by atoms with Gasteiger partial charge in [0.05, 0.1) is 6.04 Å². The second-order valence-electron chi connectivity index (χ2n) is 5.16. The van der Waals surface area contributed by atoms with Crippen molar-refractivity contribution in [2.45, 2.75) is 40.7 Å². The van der Waals surface area contributed by atoms with Crippen LogP contribution in [0.4, 0.5) is 0 Å². The molecule has 3 heteroatoms. The molecule has 0 aliphatic carbocycles. The number of rotatable bonds is 2. The zero-order valence-electron chi connectivity index (χ0n) is 12.1. The molecule has 1 aromatic carbocycles. The van der Waals surface area contributed by atoms with Gasteiger partial charge in [-0.1, -0.05) is 0 Å². The lowest BCUT2D eigenvalue weighted by atomic mass is 9.86. The summed E-state index contributed by atoms with van der Waals surface area (Å²) in [5, 5.41) is 0. The molecule has 1 aromatic heterocycles. The van der Waals surface area contributed by atoms with Crippen LogP contribution in [0.5, 0.6) is 0 Å². The van der Waals surface area contributed by atoms with Crippen LogP contribution in [0.1, 0.15) is 45.2 Å². The zero-order valence-corrected chi connectivity index (χ0v) is 13.7. The molecule has 0 saturated heterocycles. The van der Waals surface area contributed by atoms with E-state index in [-0.39, 0.29) is 6.04 Å². The van der Waals surface area contributed by atoms with Gasteiger partial charge in [0.15, 0.2) is 4.67 Å². The van der Waals surface area contributed by atoms with E-state index in [1.54, 1.807) is 0 Å². The zero-order chi connectivity index (χ0) is 14.3. The third-order valence-electron chi connectivity index (χ3n) is 4.27. The van der Waals surface area contributed by atoms with Crippen LogP contribution in [0.3, 0.4) is 0 Å². The number of benzene rings is 1. The van der Waals surface area contributed by atoms with Crippen LogP contribution in [-0.4, -0.2) is 0 Å². The molecule has 1 unspecified atom stereocenters. The van der Waals surface area contributed by atoms with Crippen LogP contribution in [0, 0.1) is 34.6 Å². The maximum absolute atomic E-state index is 6.40. The van der Waals surface area contributed by atoms with Gasteiger partial charge in [-0.2, -0.15) is 0 Å². The molecule has 0 aliphatic rings. The Hall–Kier alpha value is -1.06. The van der Waals surface area contributed by atoms with Crippen molar-refractivity contribution in [3.8, 4) is 0 Å². The van der Waals surface area contributed by atoms with Gasteiger partial charge in [-0.05, 0) is 96.1 Å². The van der Waals surface area contributed by atoms with E-state index in [0.717, 1.165) is 5.76 Å². The van der Waals surface area contributed by atoms with Crippen molar-refractivity contribution in [2.75, 3.05) is 0 Å². The fourth-order valence-corrected chi connectivity index (χ4v) is 2.95. The summed E-state index contributed by atoms with van der Waals surface area (Å²) in [6.45, 7) is 10.8. The molecule has 2 aromatic rings. The number of nitrogens with two attached hydrogens (primary N) is 1. The quantitative estimate of drug-likeness (QED) is 0.875. The fraction of sp³-hybridized carbons (Fsp3) is 0.375. The van der Waals surface area contributed by atoms with Crippen molar-refractivity contribution in [1.82, 2.24) is 0 Å². The summed E-state index contributed by atoms with van der Waals surface area (Å²) in [6, 6.07) is 3.59. The van der Waals surface area contributed by atoms with Gasteiger partial charge in [-0.25, -0.2) is 0 Å². The van der Waals surface area contributed by atoms with Crippen LogP contribution < -0.4 is 5.73 Å². The van der Waals surface area contributed by atoms with E-state index in [4.69, 9.17) is 10.2 Å². The monoisotopic (exact) mass is 321 g/mol. The molecule has 0 radical (unpaired) electrons. The summed E-state index contributed by atoms with van der Waals surface area (Å²) in [6.07, 6.45) is 0. The fourth-order valence-electron chi connectivity index (χ4n) is 2.63. The Morgan fingerprint density at radius 1 is 0.895 bits per heavy atom. The van der Waals surface area contributed by atoms with Crippen molar-refractivity contribution in [3.63, 3.8) is 0 Å². The Balaban J connectivity index is 2.63. The van der Waals surface area contributed by atoms with Gasteiger partial charge in [0, 0.05) is 0 Å². The van der Waals surface area contributed by atoms with Gasteiger partial charge in [0.25, 0.3) is 0 Å². The molecule has 0 spiro atoms. The molecule has 19 heavy (non-hydrogen) atoms. The van der Waals surface area contributed by atoms with E-state index >= 15 is 0 Å². The van der Waals surface area contributed by atoms with Crippen LogP contribution >= 0.6 is 15.9 Å². The van der Waals surface area contributed by atoms with E-state index < -0.39 is 0 Å².